The molecule has 144 valence electrons. The molecule has 0 aliphatic rings. The molecule has 9 heteroatoms. The highest BCUT2D eigenvalue weighted by Gasteiger charge is 2.16. The quantitative estimate of drug-likeness (QED) is 0.642. The highest BCUT2D eigenvalue weighted by molar-refractivity contribution is 8.25. The fraction of sp³-hybridized carbons (Fsp3) is 0.471. The lowest BCUT2D eigenvalue weighted by Gasteiger charge is -2.31. The van der Waals surface area contributed by atoms with Crippen molar-refractivity contribution < 1.29 is 13.8 Å². The lowest BCUT2D eigenvalue weighted by molar-refractivity contribution is 0.405. The number of aryl methyl sites for hydroxylation is 2. The maximum absolute atomic E-state index is 12.1. The van der Waals surface area contributed by atoms with Crippen LogP contribution >= 0.6 is 10.8 Å². The van der Waals surface area contributed by atoms with Gasteiger partial charge in [0.2, 0.25) is 5.95 Å². The molecule has 2 aromatic rings. The number of rotatable bonds is 8. The van der Waals surface area contributed by atoms with Crippen molar-refractivity contribution in [3.63, 3.8) is 0 Å². The molecule has 26 heavy (non-hydrogen) atoms. The van der Waals surface area contributed by atoms with Gasteiger partial charge in [0.05, 0.1) is 18.6 Å². The zero-order valence-corrected chi connectivity index (χ0v) is 16.3. The third kappa shape index (κ3) is 4.75. The van der Waals surface area contributed by atoms with E-state index in [4.69, 9.17) is 4.74 Å². The van der Waals surface area contributed by atoms with Crippen molar-refractivity contribution in [3.05, 3.63) is 34.4 Å². The summed E-state index contributed by atoms with van der Waals surface area (Å²) in [6, 6.07) is 1.64. The van der Waals surface area contributed by atoms with Gasteiger partial charge in [-0.3, -0.25) is 18.6 Å². The van der Waals surface area contributed by atoms with E-state index in [0.29, 0.717) is 11.3 Å². The van der Waals surface area contributed by atoms with Gasteiger partial charge in [-0.15, -0.1) is 10.8 Å². The summed E-state index contributed by atoms with van der Waals surface area (Å²) in [5, 5.41) is 0. The lowest BCUT2D eigenvalue weighted by Crippen LogP contribution is -2.18. The first-order valence-corrected chi connectivity index (χ1v) is 10.2. The monoisotopic (exact) mass is 382 g/mol. The SMILES string of the molecule is CCCCc1cnc(NS(O)(O)CC)nc1-c1cc(OC)c(=O)n(C)c1. The van der Waals surface area contributed by atoms with E-state index in [0.717, 1.165) is 24.8 Å². The van der Waals surface area contributed by atoms with Crippen LogP contribution in [-0.4, -0.2) is 36.5 Å². The molecule has 2 aromatic heterocycles. The van der Waals surface area contributed by atoms with Crippen LogP contribution in [0.15, 0.2) is 23.3 Å². The van der Waals surface area contributed by atoms with E-state index in [-0.39, 0.29) is 23.0 Å². The predicted molar refractivity (Wildman–Crippen MR) is 105 cm³/mol. The molecule has 3 N–H and O–H groups in total. The first-order chi connectivity index (χ1) is 12.3. The van der Waals surface area contributed by atoms with Gasteiger partial charge in [-0.1, -0.05) is 13.3 Å². The van der Waals surface area contributed by atoms with Gasteiger partial charge in [0, 0.05) is 25.0 Å². The summed E-state index contributed by atoms with van der Waals surface area (Å²) in [7, 11) is 0.109. The number of ether oxygens (including phenoxy) is 1. The molecular weight excluding hydrogens is 356 g/mol. The van der Waals surface area contributed by atoms with Gasteiger partial charge < -0.3 is 9.30 Å². The molecule has 2 rings (SSSR count). The molecule has 0 bridgehead atoms. The number of aromatic nitrogens is 3. The van der Waals surface area contributed by atoms with Crippen LogP contribution in [0.2, 0.25) is 0 Å². The number of unbranched alkanes of at least 4 members (excludes halogenated alkanes) is 1. The van der Waals surface area contributed by atoms with Crippen molar-refractivity contribution in [3.8, 4) is 17.0 Å². The van der Waals surface area contributed by atoms with Crippen molar-refractivity contribution >= 4 is 16.7 Å². The van der Waals surface area contributed by atoms with Gasteiger partial charge in [-0.25, -0.2) is 9.97 Å². The number of nitrogens with one attached hydrogen (secondary N) is 1. The Balaban J connectivity index is 2.56. The smallest absolute Gasteiger partial charge is 0.292 e. The van der Waals surface area contributed by atoms with Crippen LogP contribution in [0.4, 0.5) is 5.95 Å². The molecule has 2 heterocycles. The summed E-state index contributed by atoms with van der Waals surface area (Å²) in [6.45, 7) is 3.76. The van der Waals surface area contributed by atoms with Crippen LogP contribution in [0.25, 0.3) is 11.3 Å². The van der Waals surface area contributed by atoms with E-state index in [9.17, 15) is 13.9 Å². The zero-order chi connectivity index (χ0) is 19.3. The standard InChI is InChI=1S/C17H26N4O4S/c1-5-7-8-12-10-18-17(20-26(23,24)6-2)19-15(12)13-9-14(25-4)16(22)21(3)11-13/h9-11,23-24H,5-8H2,1-4H3,(H,18,19,20). The maximum Gasteiger partial charge on any atom is 0.292 e. The predicted octanol–water partition coefficient (Wildman–Crippen LogP) is 3.29. The highest BCUT2D eigenvalue weighted by Crippen LogP contribution is 2.37. The van der Waals surface area contributed by atoms with E-state index < -0.39 is 10.8 Å². The topological polar surface area (TPSA) is 110 Å². The number of nitrogens with zero attached hydrogens (tertiary/aromatic N) is 3. The van der Waals surface area contributed by atoms with Gasteiger partial charge in [-0.2, -0.15) is 0 Å². The number of anilines is 1. The van der Waals surface area contributed by atoms with Gasteiger partial charge >= 0.3 is 0 Å². The Labute approximate surface area is 154 Å². The van der Waals surface area contributed by atoms with Gasteiger partial charge in [0.25, 0.3) is 5.56 Å². The molecule has 0 saturated heterocycles. The zero-order valence-electron chi connectivity index (χ0n) is 15.5. The van der Waals surface area contributed by atoms with Crippen LogP contribution in [0.5, 0.6) is 5.75 Å². The molecule has 0 fully saturated rings. The summed E-state index contributed by atoms with van der Waals surface area (Å²) >= 11 is 0. The highest BCUT2D eigenvalue weighted by atomic mass is 32.3. The minimum atomic E-state index is -2.98. The molecule has 0 spiro atoms. The first kappa shape index (κ1) is 20.2. The molecule has 0 aromatic carbocycles. The summed E-state index contributed by atoms with van der Waals surface area (Å²) in [4.78, 5) is 20.8. The molecule has 0 aliphatic carbocycles. The van der Waals surface area contributed by atoms with Crippen LogP contribution in [0, 0.1) is 0 Å². The Bertz CT molecular complexity index is 823. The van der Waals surface area contributed by atoms with Crippen LogP contribution in [0.3, 0.4) is 0 Å². The van der Waals surface area contributed by atoms with Crippen LogP contribution < -0.4 is 15.0 Å². The Hall–Kier alpha value is -2.10. The third-order valence-corrected chi connectivity index (χ3v) is 5.28. The van der Waals surface area contributed by atoms with Crippen molar-refractivity contribution in [2.24, 2.45) is 7.05 Å². The van der Waals surface area contributed by atoms with Gasteiger partial charge in [0.15, 0.2) is 5.75 Å². The third-order valence-electron chi connectivity index (χ3n) is 3.97. The molecule has 0 unspecified atom stereocenters. The van der Waals surface area contributed by atoms with Crippen molar-refractivity contribution in [2.45, 2.75) is 33.1 Å². The average molecular weight is 382 g/mol. The lowest BCUT2D eigenvalue weighted by atomic mass is 10.0. The van der Waals surface area contributed by atoms with E-state index in [1.807, 2.05) is 0 Å². The van der Waals surface area contributed by atoms with Crippen molar-refractivity contribution in [1.29, 1.82) is 0 Å². The summed E-state index contributed by atoms with van der Waals surface area (Å²) in [5.41, 5.74) is 2.02. The average Bonchev–Trinajstić information content (AvgIpc) is 2.62. The molecule has 0 aliphatic heterocycles. The minimum absolute atomic E-state index is 0.134. The molecular formula is C17H26N4O4S. The van der Waals surface area contributed by atoms with Gasteiger partial charge in [-0.05, 0) is 31.4 Å². The number of hydrogen-bond donors (Lipinski definition) is 3. The number of methoxy groups -OCH3 is 1. The van der Waals surface area contributed by atoms with E-state index in [1.165, 1.54) is 11.7 Å². The first-order valence-electron chi connectivity index (χ1n) is 8.45. The minimum Gasteiger partial charge on any atom is -0.491 e. The van der Waals surface area contributed by atoms with Crippen molar-refractivity contribution in [2.75, 3.05) is 17.6 Å². The Morgan fingerprint density at radius 1 is 1.35 bits per heavy atom. The van der Waals surface area contributed by atoms with Crippen molar-refractivity contribution in [1.82, 2.24) is 14.5 Å². The summed E-state index contributed by atoms with van der Waals surface area (Å²) in [5.74, 6) is 0.504. The Morgan fingerprint density at radius 3 is 2.69 bits per heavy atom. The van der Waals surface area contributed by atoms with Crippen LogP contribution in [-0.2, 0) is 13.5 Å². The second kappa shape index (κ2) is 8.52. The second-order valence-electron chi connectivity index (χ2n) is 5.94. The maximum atomic E-state index is 12.1. The number of hydrogen-bond acceptors (Lipinski definition) is 7. The molecule has 0 amide bonds. The normalized spacial score (nSPS) is 12.1. The van der Waals surface area contributed by atoms with E-state index >= 15 is 0 Å². The van der Waals surface area contributed by atoms with Gasteiger partial charge in [0.1, 0.15) is 0 Å². The summed E-state index contributed by atoms with van der Waals surface area (Å²) < 4.78 is 29.0. The second-order valence-corrected chi connectivity index (χ2v) is 8.06. The molecule has 0 atom stereocenters. The fourth-order valence-corrected chi connectivity index (χ4v) is 2.97. The fourth-order valence-electron chi connectivity index (χ4n) is 2.43. The molecule has 0 radical (unpaired) electrons. The largest absolute Gasteiger partial charge is 0.491 e. The Kier molecular flexibility index (Phi) is 6.63. The Morgan fingerprint density at radius 2 is 2.08 bits per heavy atom. The summed E-state index contributed by atoms with van der Waals surface area (Å²) in [6.07, 6.45) is 6.14. The number of pyridine rings is 1. The molecule has 8 nitrogen and oxygen atoms in total. The van der Waals surface area contributed by atoms with Crippen LogP contribution in [0.1, 0.15) is 32.3 Å². The molecule has 0 saturated carbocycles. The van der Waals surface area contributed by atoms with E-state index in [2.05, 4.69) is 21.6 Å². The van der Waals surface area contributed by atoms with E-state index in [1.54, 1.807) is 32.4 Å².